The van der Waals surface area contributed by atoms with E-state index in [9.17, 15) is 9.59 Å². The predicted octanol–water partition coefficient (Wildman–Crippen LogP) is 3.01. The number of rotatable bonds is 5. The van der Waals surface area contributed by atoms with E-state index in [4.69, 9.17) is 4.74 Å². The highest BCUT2D eigenvalue weighted by molar-refractivity contribution is 5.94. The van der Waals surface area contributed by atoms with Crippen LogP contribution in [0.1, 0.15) is 34.1 Å². The summed E-state index contributed by atoms with van der Waals surface area (Å²) in [5.74, 6) is -0.709. The molecule has 1 atom stereocenters. The molecule has 0 aromatic heterocycles. The molecule has 0 aliphatic rings. The van der Waals surface area contributed by atoms with Crippen molar-refractivity contribution in [3.05, 3.63) is 71.8 Å². The minimum atomic E-state index is -0.648. The molecule has 0 aliphatic heterocycles. The molecule has 0 aliphatic carbocycles. The van der Waals surface area contributed by atoms with Gasteiger partial charge in [0, 0.05) is 12.0 Å². The van der Waals surface area contributed by atoms with Gasteiger partial charge in [-0.15, -0.1) is 0 Å². The first kappa shape index (κ1) is 14.8. The minimum Gasteiger partial charge on any atom is -0.438 e. The van der Waals surface area contributed by atoms with Gasteiger partial charge in [-0.3, -0.25) is 4.79 Å². The quantitative estimate of drug-likeness (QED) is 0.678. The number of carbonyl (C=O) groups excluding carboxylic acids is 2. The highest BCUT2D eigenvalue weighted by Gasteiger charge is 2.17. The van der Waals surface area contributed by atoms with Crippen LogP contribution in [0.2, 0.25) is 0 Å². The van der Waals surface area contributed by atoms with Crippen LogP contribution in [0.5, 0.6) is 0 Å². The van der Waals surface area contributed by atoms with E-state index in [1.807, 2.05) is 19.1 Å². The van der Waals surface area contributed by atoms with Crippen molar-refractivity contribution in [2.45, 2.75) is 19.6 Å². The second kappa shape index (κ2) is 7.24. The Morgan fingerprint density at radius 3 is 2.00 bits per heavy atom. The molecule has 2 aromatic rings. The molecule has 1 N–H and O–H groups in total. The van der Waals surface area contributed by atoms with Crippen molar-refractivity contribution in [1.82, 2.24) is 5.32 Å². The van der Waals surface area contributed by atoms with Crippen molar-refractivity contribution in [2.75, 3.05) is 0 Å². The lowest BCUT2D eigenvalue weighted by molar-refractivity contribution is 0.0207. The molecule has 1 unspecified atom stereocenters. The average molecular weight is 283 g/mol. The summed E-state index contributed by atoms with van der Waals surface area (Å²) < 4.78 is 5.31. The Hall–Kier alpha value is -2.62. The zero-order valence-corrected chi connectivity index (χ0v) is 11.8. The van der Waals surface area contributed by atoms with Crippen molar-refractivity contribution in [2.24, 2.45) is 0 Å². The smallest absolute Gasteiger partial charge is 0.340 e. The molecule has 0 saturated heterocycles. The highest BCUT2D eigenvalue weighted by Crippen LogP contribution is 2.06. The monoisotopic (exact) mass is 283 g/mol. The lowest BCUT2D eigenvalue weighted by Gasteiger charge is -2.17. The Labute approximate surface area is 123 Å². The number of amides is 1. The molecule has 108 valence electrons. The van der Waals surface area contributed by atoms with Gasteiger partial charge in [0.25, 0.3) is 5.91 Å². The molecule has 2 aromatic carbocycles. The second-order valence-corrected chi connectivity index (χ2v) is 4.51. The SMILES string of the molecule is CCC(NC(=O)c1ccccc1)OC(=O)c1ccccc1. The lowest BCUT2D eigenvalue weighted by Crippen LogP contribution is -2.37. The van der Waals surface area contributed by atoms with Gasteiger partial charge in [0.2, 0.25) is 0 Å². The van der Waals surface area contributed by atoms with Crippen LogP contribution in [0, 0.1) is 0 Å². The Bertz CT molecular complexity index is 542. The molecule has 0 heterocycles. The van der Waals surface area contributed by atoms with Gasteiger partial charge in [0.1, 0.15) is 0 Å². The Morgan fingerprint density at radius 2 is 1.48 bits per heavy atom. The average Bonchev–Trinajstić information content (AvgIpc) is 2.55. The van der Waals surface area contributed by atoms with Crippen LogP contribution in [0.4, 0.5) is 0 Å². The third-order valence-electron chi connectivity index (χ3n) is 2.96. The van der Waals surface area contributed by atoms with E-state index in [1.165, 1.54) is 0 Å². The largest absolute Gasteiger partial charge is 0.438 e. The number of nitrogens with one attached hydrogen (secondary N) is 1. The van der Waals surface area contributed by atoms with E-state index < -0.39 is 12.2 Å². The molecular formula is C17H17NO3. The van der Waals surface area contributed by atoms with Crippen molar-refractivity contribution < 1.29 is 14.3 Å². The molecule has 2 rings (SSSR count). The van der Waals surface area contributed by atoms with Gasteiger partial charge in [-0.05, 0) is 24.3 Å². The van der Waals surface area contributed by atoms with E-state index >= 15 is 0 Å². The minimum absolute atomic E-state index is 0.261. The highest BCUT2D eigenvalue weighted by atomic mass is 16.6. The van der Waals surface area contributed by atoms with E-state index in [1.54, 1.807) is 48.5 Å². The summed E-state index contributed by atoms with van der Waals surface area (Å²) in [6, 6.07) is 17.5. The number of hydrogen-bond acceptors (Lipinski definition) is 3. The van der Waals surface area contributed by atoms with Gasteiger partial charge >= 0.3 is 5.97 Å². The number of benzene rings is 2. The van der Waals surface area contributed by atoms with Crippen LogP contribution < -0.4 is 5.32 Å². The maximum Gasteiger partial charge on any atom is 0.340 e. The zero-order chi connectivity index (χ0) is 15.1. The Morgan fingerprint density at radius 1 is 0.952 bits per heavy atom. The number of ether oxygens (including phenoxy) is 1. The normalized spacial score (nSPS) is 11.5. The molecular weight excluding hydrogens is 266 g/mol. The van der Waals surface area contributed by atoms with Crippen LogP contribution in [0.25, 0.3) is 0 Å². The molecule has 0 spiro atoms. The molecule has 4 heteroatoms. The fourth-order valence-electron chi connectivity index (χ4n) is 1.81. The fraction of sp³-hybridized carbons (Fsp3) is 0.176. The lowest BCUT2D eigenvalue weighted by atomic mass is 10.2. The van der Waals surface area contributed by atoms with E-state index in [-0.39, 0.29) is 5.91 Å². The van der Waals surface area contributed by atoms with Crippen LogP contribution in [-0.4, -0.2) is 18.1 Å². The van der Waals surface area contributed by atoms with Crippen molar-refractivity contribution in [1.29, 1.82) is 0 Å². The third kappa shape index (κ3) is 4.18. The summed E-state index contributed by atoms with van der Waals surface area (Å²) in [5, 5.41) is 2.70. The summed E-state index contributed by atoms with van der Waals surface area (Å²) in [5.41, 5.74) is 0.997. The Kier molecular flexibility index (Phi) is 5.10. The first-order valence-electron chi connectivity index (χ1n) is 6.82. The van der Waals surface area contributed by atoms with E-state index in [2.05, 4.69) is 5.32 Å². The molecule has 21 heavy (non-hydrogen) atoms. The van der Waals surface area contributed by atoms with Gasteiger partial charge in [-0.25, -0.2) is 4.79 Å². The second-order valence-electron chi connectivity index (χ2n) is 4.51. The Balaban J connectivity index is 1.98. The van der Waals surface area contributed by atoms with Crippen LogP contribution >= 0.6 is 0 Å². The van der Waals surface area contributed by atoms with E-state index in [0.717, 1.165) is 0 Å². The van der Waals surface area contributed by atoms with Crippen LogP contribution in [0.15, 0.2) is 60.7 Å². The molecule has 4 nitrogen and oxygen atoms in total. The van der Waals surface area contributed by atoms with Crippen LogP contribution in [-0.2, 0) is 4.74 Å². The summed E-state index contributed by atoms with van der Waals surface area (Å²) in [4.78, 5) is 24.0. The molecule has 0 bridgehead atoms. The summed E-state index contributed by atoms with van der Waals surface area (Å²) in [6.07, 6.45) is -0.151. The maximum absolute atomic E-state index is 12.0. The molecule has 0 radical (unpaired) electrons. The molecule has 1 amide bonds. The third-order valence-corrected chi connectivity index (χ3v) is 2.96. The number of esters is 1. The summed E-state index contributed by atoms with van der Waals surface area (Å²) in [7, 11) is 0. The number of carbonyl (C=O) groups is 2. The first-order chi connectivity index (χ1) is 10.2. The van der Waals surface area contributed by atoms with Gasteiger partial charge in [-0.2, -0.15) is 0 Å². The fourth-order valence-corrected chi connectivity index (χ4v) is 1.81. The summed E-state index contributed by atoms with van der Waals surface area (Å²) in [6.45, 7) is 1.84. The van der Waals surface area contributed by atoms with Crippen molar-refractivity contribution >= 4 is 11.9 Å². The number of hydrogen-bond donors (Lipinski definition) is 1. The zero-order valence-electron chi connectivity index (χ0n) is 11.8. The van der Waals surface area contributed by atoms with Gasteiger partial charge in [0.05, 0.1) is 5.56 Å². The standard InChI is InChI=1S/C17H17NO3/c1-2-15(18-16(19)13-9-5-3-6-10-13)21-17(20)14-11-7-4-8-12-14/h3-12,15H,2H2,1H3,(H,18,19). The topological polar surface area (TPSA) is 55.4 Å². The molecule has 0 saturated carbocycles. The van der Waals surface area contributed by atoms with Gasteiger partial charge < -0.3 is 10.1 Å². The van der Waals surface area contributed by atoms with Crippen molar-refractivity contribution in [3.63, 3.8) is 0 Å². The van der Waals surface area contributed by atoms with Gasteiger partial charge in [-0.1, -0.05) is 43.3 Å². The van der Waals surface area contributed by atoms with Gasteiger partial charge in [0.15, 0.2) is 6.23 Å². The summed E-state index contributed by atoms with van der Waals surface area (Å²) >= 11 is 0. The molecule has 0 fully saturated rings. The van der Waals surface area contributed by atoms with Crippen molar-refractivity contribution in [3.8, 4) is 0 Å². The predicted molar refractivity (Wildman–Crippen MR) is 79.8 cm³/mol. The maximum atomic E-state index is 12.0. The first-order valence-corrected chi connectivity index (χ1v) is 6.82. The van der Waals surface area contributed by atoms with Crippen LogP contribution in [0.3, 0.4) is 0 Å². The van der Waals surface area contributed by atoms with E-state index in [0.29, 0.717) is 17.5 Å².